The second-order valence-corrected chi connectivity index (χ2v) is 8.78. The molecule has 2 fully saturated rings. The highest BCUT2D eigenvalue weighted by Gasteiger charge is 2.21. The summed E-state index contributed by atoms with van der Waals surface area (Å²) in [6.07, 6.45) is 3.46. The van der Waals surface area contributed by atoms with Gasteiger partial charge in [-0.25, -0.2) is 4.98 Å². The van der Waals surface area contributed by atoms with Gasteiger partial charge in [0.15, 0.2) is 11.1 Å². The second kappa shape index (κ2) is 12.5. The van der Waals surface area contributed by atoms with Crippen LogP contribution in [-0.4, -0.2) is 75.3 Å². The molecule has 2 aliphatic rings. The number of para-hydroxylation sites is 2. The van der Waals surface area contributed by atoms with Crippen LogP contribution >= 0.6 is 35.3 Å². The van der Waals surface area contributed by atoms with Gasteiger partial charge in [0.1, 0.15) is 5.75 Å². The standard InChI is InChI=1S/C23H34N6OS.HI/c1-3-24-22(25-11-10-19-18-31-23(26-19)29-12-6-7-13-29)28-16-14-27(15-17-28)20-8-4-5-9-21(20)30-2;/h4-5,8-9,18H,3,6-7,10-17H2,1-2H3,(H,24,25);1H. The topological polar surface area (TPSA) is 56.2 Å². The van der Waals surface area contributed by atoms with E-state index in [4.69, 9.17) is 14.7 Å². The molecule has 0 saturated carbocycles. The molecule has 9 heteroatoms. The third kappa shape index (κ3) is 6.18. The van der Waals surface area contributed by atoms with Gasteiger partial charge in [-0.15, -0.1) is 35.3 Å². The molecule has 2 saturated heterocycles. The lowest BCUT2D eigenvalue weighted by atomic mass is 10.2. The van der Waals surface area contributed by atoms with E-state index in [2.05, 4.69) is 44.5 Å². The van der Waals surface area contributed by atoms with Crippen molar-refractivity contribution < 1.29 is 4.74 Å². The Labute approximate surface area is 212 Å². The fourth-order valence-corrected chi connectivity index (χ4v) is 5.13. The van der Waals surface area contributed by atoms with Crippen molar-refractivity contribution in [3.8, 4) is 5.75 Å². The maximum absolute atomic E-state index is 5.54. The number of aliphatic imine (C=N–C) groups is 1. The van der Waals surface area contributed by atoms with E-state index in [1.54, 1.807) is 18.4 Å². The van der Waals surface area contributed by atoms with Crippen LogP contribution in [0.4, 0.5) is 10.8 Å². The second-order valence-electron chi connectivity index (χ2n) is 7.95. The van der Waals surface area contributed by atoms with Gasteiger partial charge in [0.25, 0.3) is 0 Å². The number of methoxy groups -OCH3 is 1. The van der Waals surface area contributed by atoms with Crippen LogP contribution < -0.4 is 19.9 Å². The summed E-state index contributed by atoms with van der Waals surface area (Å²) in [4.78, 5) is 16.9. The average Bonchev–Trinajstić information content (AvgIpc) is 3.51. The molecule has 2 aromatic rings. The van der Waals surface area contributed by atoms with Gasteiger partial charge in [0, 0.05) is 64.2 Å². The van der Waals surface area contributed by atoms with Crippen LogP contribution in [0.1, 0.15) is 25.5 Å². The van der Waals surface area contributed by atoms with Crippen molar-refractivity contribution in [1.29, 1.82) is 0 Å². The minimum absolute atomic E-state index is 0. The summed E-state index contributed by atoms with van der Waals surface area (Å²) in [5.74, 6) is 1.95. The third-order valence-electron chi connectivity index (χ3n) is 5.89. The Bertz CT molecular complexity index is 862. The number of thiazole rings is 1. The van der Waals surface area contributed by atoms with E-state index in [9.17, 15) is 0 Å². The molecular formula is C23H35IN6OS. The smallest absolute Gasteiger partial charge is 0.194 e. The molecule has 0 amide bonds. The number of nitrogens with one attached hydrogen (secondary N) is 1. The molecule has 0 radical (unpaired) electrons. The van der Waals surface area contributed by atoms with Gasteiger partial charge in [-0.05, 0) is 31.9 Å². The molecular weight excluding hydrogens is 535 g/mol. The van der Waals surface area contributed by atoms with Crippen molar-refractivity contribution in [3.05, 3.63) is 35.3 Å². The lowest BCUT2D eigenvalue weighted by Gasteiger charge is -2.38. The molecule has 0 bridgehead atoms. The van der Waals surface area contributed by atoms with Gasteiger partial charge in [-0.2, -0.15) is 0 Å². The first-order valence-electron chi connectivity index (χ1n) is 11.4. The number of anilines is 2. The first-order chi connectivity index (χ1) is 15.3. The van der Waals surface area contributed by atoms with Gasteiger partial charge >= 0.3 is 0 Å². The predicted octanol–water partition coefficient (Wildman–Crippen LogP) is 3.70. The Morgan fingerprint density at radius 3 is 2.56 bits per heavy atom. The highest BCUT2D eigenvalue weighted by molar-refractivity contribution is 14.0. The van der Waals surface area contributed by atoms with Crippen LogP contribution in [0.3, 0.4) is 0 Å². The molecule has 7 nitrogen and oxygen atoms in total. The average molecular weight is 571 g/mol. The van der Waals surface area contributed by atoms with Gasteiger partial charge in [-0.3, -0.25) is 4.99 Å². The molecule has 176 valence electrons. The van der Waals surface area contributed by atoms with E-state index in [0.717, 1.165) is 76.2 Å². The zero-order chi connectivity index (χ0) is 21.5. The number of ether oxygens (including phenoxy) is 1. The molecule has 1 aromatic carbocycles. The minimum Gasteiger partial charge on any atom is -0.495 e. The Morgan fingerprint density at radius 2 is 1.84 bits per heavy atom. The number of hydrogen-bond donors (Lipinski definition) is 1. The Morgan fingerprint density at radius 1 is 1.09 bits per heavy atom. The van der Waals surface area contributed by atoms with Crippen LogP contribution in [0, 0.1) is 0 Å². The summed E-state index contributed by atoms with van der Waals surface area (Å²) in [7, 11) is 1.74. The van der Waals surface area contributed by atoms with Crippen molar-refractivity contribution in [2.24, 2.45) is 4.99 Å². The van der Waals surface area contributed by atoms with Gasteiger partial charge < -0.3 is 24.8 Å². The Hall–Kier alpha value is -1.75. The SMILES string of the molecule is CCNC(=NCCc1csc(N2CCCC2)n1)N1CCN(c2ccccc2OC)CC1.I. The molecule has 4 rings (SSSR count). The van der Waals surface area contributed by atoms with Crippen LogP contribution in [0.5, 0.6) is 5.75 Å². The summed E-state index contributed by atoms with van der Waals surface area (Å²) in [6, 6.07) is 8.26. The van der Waals surface area contributed by atoms with Crippen LogP contribution in [-0.2, 0) is 6.42 Å². The summed E-state index contributed by atoms with van der Waals surface area (Å²) in [5.41, 5.74) is 2.33. The zero-order valence-electron chi connectivity index (χ0n) is 19.1. The van der Waals surface area contributed by atoms with Crippen molar-refractivity contribution in [3.63, 3.8) is 0 Å². The highest BCUT2D eigenvalue weighted by Crippen LogP contribution is 2.28. The number of aromatic nitrogens is 1. The Balaban J connectivity index is 0.00000289. The van der Waals surface area contributed by atoms with E-state index in [1.807, 2.05) is 12.1 Å². The van der Waals surface area contributed by atoms with E-state index in [1.165, 1.54) is 23.7 Å². The van der Waals surface area contributed by atoms with E-state index in [0.29, 0.717) is 0 Å². The molecule has 0 spiro atoms. The largest absolute Gasteiger partial charge is 0.495 e. The molecule has 32 heavy (non-hydrogen) atoms. The summed E-state index contributed by atoms with van der Waals surface area (Å²) in [6.45, 7) is 9.86. The fraction of sp³-hybridized carbons (Fsp3) is 0.565. The van der Waals surface area contributed by atoms with E-state index >= 15 is 0 Å². The zero-order valence-corrected chi connectivity index (χ0v) is 22.3. The number of nitrogens with zero attached hydrogens (tertiary/aromatic N) is 5. The number of guanidine groups is 1. The molecule has 3 heterocycles. The van der Waals surface area contributed by atoms with Crippen LogP contribution in [0.2, 0.25) is 0 Å². The van der Waals surface area contributed by atoms with Gasteiger partial charge in [0.05, 0.1) is 18.5 Å². The van der Waals surface area contributed by atoms with E-state index < -0.39 is 0 Å². The number of hydrogen-bond acceptors (Lipinski definition) is 6. The first kappa shape index (κ1) is 24.9. The van der Waals surface area contributed by atoms with Gasteiger partial charge in [-0.1, -0.05) is 12.1 Å². The number of halogens is 1. The molecule has 1 aromatic heterocycles. The predicted molar refractivity (Wildman–Crippen MR) is 145 cm³/mol. The normalized spacial score (nSPS) is 16.8. The highest BCUT2D eigenvalue weighted by atomic mass is 127. The summed E-state index contributed by atoms with van der Waals surface area (Å²) >= 11 is 1.77. The monoisotopic (exact) mass is 570 g/mol. The molecule has 0 aliphatic carbocycles. The quantitative estimate of drug-likeness (QED) is 0.312. The number of rotatable bonds is 7. The lowest BCUT2D eigenvalue weighted by Crippen LogP contribution is -2.52. The number of benzene rings is 1. The maximum atomic E-state index is 5.54. The van der Waals surface area contributed by atoms with Crippen LogP contribution in [0.25, 0.3) is 0 Å². The minimum atomic E-state index is 0. The molecule has 1 N–H and O–H groups in total. The molecule has 2 aliphatic heterocycles. The first-order valence-corrected chi connectivity index (χ1v) is 12.3. The lowest BCUT2D eigenvalue weighted by molar-refractivity contribution is 0.367. The molecule has 0 unspecified atom stereocenters. The van der Waals surface area contributed by atoms with Crippen molar-refractivity contribution in [1.82, 2.24) is 15.2 Å². The van der Waals surface area contributed by atoms with E-state index in [-0.39, 0.29) is 24.0 Å². The van der Waals surface area contributed by atoms with Crippen LogP contribution in [0.15, 0.2) is 34.6 Å². The van der Waals surface area contributed by atoms with Crippen molar-refractivity contribution in [2.45, 2.75) is 26.2 Å². The molecule has 0 atom stereocenters. The fourth-order valence-electron chi connectivity index (χ4n) is 4.22. The van der Waals surface area contributed by atoms with Crippen molar-refractivity contribution >= 4 is 52.1 Å². The summed E-state index contributed by atoms with van der Waals surface area (Å²) < 4.78 is 5.54. The van der Waals surface area contributed by atoms with Crippen molar-refractivity contribution in [2.75, 3.05) is 69.3 Å². The maximum Gasteiger partial charge on any atom is 0.194 e. The number of piperazine rings is 1. The summed E-state index contributed by atoms with van der Waals surface area (Å²) in [5, 5.41) is 6.85. The van der Waals surface area contributed by atoms with Gasteiger partial charge in [0.2, 0.25) is 0 Å². The Kier molecular flexibility index (Phi) is 9.70. The third-order valence-corrected chi connectivity index (χ3v) is 6.84.